The van der Waals surface area contributed by atoms with Crippen molar-refractivity contribution in [2.24, 2.45) is 0 Å². The summed E-state index contributed by atoms with van der Waals surface area (Å²) in [6.07, 6.45) is 0.384. The zero-order chi connectivity index (χ0) is 14.3. The molecule has 0 aliphatic rings. The van der Waals surface area contributed by atoms with Gasteiger partial charge in [0.15, 0.2) is 0 Å². The van der Waals surface area contributed by atoms with Crippen LogP contribution in [0.25, 0.3) is 0 Å². The van der Waals surface area contributed by atoms with Crippen LogP contribution in [0, 0.1) is 0 Å². The molecule has 19 heavy (non-hydrogen) atoms. The van der Waals surface area contributed by atoms with E-state index in [-0.39, 0.29) is 18.4 Å². The molecule has 0 fully saturated rings. The molecule has 1 rings (SSSR count). The maximum atomic E-state index is 11.7. The Hall–Kier alpha value is -1.40. The number of anilines is 1. The average molecular weight is 328 g/mol. The van der Waals surface area contributed by atoms with Crippen molar-refractivity contribution in [2.45, 2.75) is 6.42 Å². The smallest absolute Gasteiger partial charge is 0.238 e. The quantitative estimate of drug-likeness (QED) is 0.777. The fraction of sp³-hybridized carbons (Fsp3) is 0.385. The lowest BCUT2D eigenvalue weighted by atomic mass is 10.3. The molecule has 0 heterocycles. The van der Waals surface area contributed by atoms with Crippen molar-refractivity contribution in [1.29, 1.82) is 0 Å². The van der Waals surface area contributed by atoms with E-state index in [0.717, 1.165) is 10.2 Å². The van der Waals surface area contributed by atoms with Crippen LogP contribution in [0.4, 0.5) is 5.69 Å². The Morgan fingerprint density at radius 3 is 2.58 bits per heavy atom. The monoisotopic (exact) mass is 327 g/mol. The fourth-order valence-electron chi connectivity index (χ4n) is 1.38. The van der Waals surface area contributed by atoms with E-state index in [1.54, 1.807) is 14.1 Å². The van der Waals surface area contributed by atoms with Gasteiger partial charge in [0.05, 0.1) is 12.2 Å². The lowest BCUT2D eigenvalue weighted by Gasteiger charge is -2.11. The Kier molecular flexibility index (Phi) is 6.52. The summed E-state index contributed by atoms with van der Waals surface area (Å²) in [6.45, 7) is 0.669. The van der Waals surface area contributed by atoms with Crippen molar-refractivity contribution >= 4 is 33.4 Å². The standard InChI is InChI=1S/C13H18BrN3O2/c1-17(2)13(19)7-8-15-9-12(18)16-11-6-4-3-5-10(11)14/h3-6,15H,7-9H2,1-2H3,(H,16,18). The van der Waals surface area contributed by atoms with E-state index < -0.39 is 0 Å². The van der Waals surface area contributed by atoms with E-state index in [0.29, 0.717) is 13.0 Å². The topological polar surface area (TPSA) is 61.4 Å². The predicted molar refractivity (Wildman–Crippen MR) is 79.0 cm³/mol. The van der Waals surface area contributed by atoms with Gasteiger partial charge >= 0.3 is 0 Å². The molecular weight excluding hydrogens is 310 g/mol. The third-order valence-electron chi connectivity index (χ3n) is 2.45. The maximum absolute atomic E-state index is 11.7. The summed E-state index contributed by atoms with van der Waals surface area (Å²) in [7, 11) is 3.42. The molecular formula is C13H18BrN3O2. The number of benzene rings is 1. The number of carbonyl (C=O) groups is 2. The fourth-order valence-corrected chi connectivity index (χ4v) is 1.76. The molecule has 0 aliphatic heterocycles. The van der Waals surface area contributed by atoms with E-state index >= 15 is 0 Å². The number of hydrogen-bond acceptors (Lipinski definition) is 3. The molecule has 2 amide bonds. The SMILES string of the molecule is CN(C)C(=O)CCNCC(=O)Nc1ccccc1Br. The lowest BCUT2D eigenvalue weighted by Crippen LogP contribution is -2.32. The number of carbonyl (C=O) groups excluding carboxylic acids is 2. The number of para-hydroxylation sites is 1. The van der Waals surface area contributed by atoms with Gasteiger partial charge < -0.3 is 15.5 Å². The molecule has 0 aromatic heterocycles. The summed E-state index contributed by atoms with van der Waals surface area (Å²) in [5.41, 5.74) is 0.735. The minimum atomic E-state index is -0.135. The van der Waals surface area contributed by atoms with Gasteiger partial charge in [-0.2, -0.15) is 0 Å². The highest BCUT2D eigenvalue weighted by atomic mass is 79.9. The molecule has 104 valence electrons. The molecule has 5 nitrogen and oxygen atoms in total. The van der Waals surface area contributed by atoms with Crippen molar-refractivity contribution in [3.8, 4) is 0 Å². The first kappa shape index (κ1) is 15.7. The van der Waals surface area contributed by atoms with Gasteiger partial charge in [-0.3, -0.25) is 9.59 Å². The van der Waals surface area contributed by atoms with Crippen LogP contribution in [0.2, 0.25) is 0 Å². The Morgan fingerprint density at radius 1 is 1.26 bits per heavy atom. The number of nitrogens with one attached hydrogen (secondary N) is 2. The first-order chi connectivity index (χ1) is 9.00. The molecule has 0 saturated carbocycles. The van der Waals surface area contributed by atoms with Gasteiger partial charge in [0.1, 0.15) is 0 Å². The van der Waals surface area contributed by atoms with Crippen molar-refractivity contribution < 1.29 is 9.59 Å². The molecule has 0 unspecified atom stereocenters. The van der Waals surface area contributed by atoms with Crippen LogP contribution in [0.3, 0.4) is 0 Å². The molecule has 0 aliphatic carbocycles. The molecule has 0 atom stereocenters. The number of nitrogens with zero attached hydrogens (tertiary/aromatic N) is 1. The molecule has 6 heteroatoms. The Balaban J connectivity index is 2.26. The summed E-state index contributed by atoms with van der Waals surface area (Å²) in [6, 6.07) is 7.41. The number of halogens is 1. The Labute approximate surface area is 121 Å². The zero-order valence-electron chi connectivity index (χ0n) is 11.1. The zero-order valence-corrected chi connectivity index (χ0v) is 12.7. The normalized spacial score (nSPS) is 10.1. The van der Waals surface area contributed by atoms with Crippen molar-refractivity contribution in [3.05, 3.63) is 28.7 Å². The van der Waals surface area contributed by atoms with Gasteiger partial charge in [0.25, 0.3) is 0 Å². The van der Waals surface area contributed by atoms with E-state index in [4.69, 9.17) is 0 Å². The maximum Gasteiger partial charge on any atom is 0.238 e. The minimum Gasteiger partial charge on any atom is -0.349 e. The van der Waals surface area contributed by atoms with Crippen LogP contribution in [-0.4, -0.2) is 43.9 Å². The Morgan fingerprint density at radius 2 is 1.95 bits per heavy atom. The number of rotatable bonds is 6. The molecule has 0 radical (unpaired) electrons. The van der Waals surface area contributed by atoms with Crippen LogP contribution in [-0.2, 0) is 9.59 Å². The number of hydrogen-bond donors (Lipinski definition) is 2. The van der Waals surface area contributed by atoms with Gasteiger partial charge in [-0.15, -0.1) is 0 Å². The van der Waals surface area contributed by atoms with Crippen LogP contribution in [0.5, 0.6) is 0 Å². The van der Waals surface area contributed by atoms with Crippen LogP contribution < -0.4 is 10.6 Å². The van der Waals surface area contributed by atoms with E-state index in [2.05, 4.69) is 26.6 Å². The van der Waals surface area contributed by atoms with Crippen molar-refractivity contribution in [3.63, 3.8) is 0 Å². The van der Waals surface area contributed by atoms with Crippen LogP contribution in [0.1, 0.15) is 6.42 Å². The summed E-state index contributed by atoms with van der Waals surface area (Å²) < 4.78 is 0.839. The molecule has 1 aromatic rings. The summed E-state index contributed by atoms with van der Waals surface area (Å²) >= 11 is 3.36. The second-order valence-corrected chi connectivity index (χ2v) is 5.10. The average Bonchev–Trinajstić information content (AvgIpc) is 2.37. The first-order valence-corrected chi connectivity index (χ1v) is 6.75. The molecule has 0 spiro atoms. The van der Waals surface area contributed by atoms with Gasteiger partial charge in [0.2, 0.25) is 11.8 Å². The highest BCUT2D eigenvalue weighted by Gasteiger charge is 2.06. The first-order valence-electron chi connectivity index (χ1n) is 5.96. The second-order valence-electron chi connectivity index (χ2n) is 4.24. The molecule has 0 saturated heterocycles. The third kappa shape index (κ3) is 5.85. The van der Waals surface area contributed by atoms with Gasteiger partial charge in [-0.05, 0) is 28.1 Å². The highest BCUT2D eigenvalue weighted by molar-refractivity contribution is 9.10. The third-order valence-corrected chi connectivity index (χ3v) is 3.14. The van der Waals surface area contributed by atoms with Crippen molar-refractivity contribution in [2.75, 3.05) is 32.5 Å². The van der Waals surface area contributed by atoms with Crippen LogP contribution >= 0.6 is 15.9 Å². The van der Waals surface area contributed by atoms with Gasteiger partial charge in [-0.25, -0.2) is 0 Å². The van der Waals surface area contributed by atoms with E-state index in [1.165, 1.54) is 4.90 Å². The van der Waals surface area contributed by atoms with E-state index in [1.807, 2.05) is 24.3 Å². The predicted octanol–water partition coefficient (Wildman–Crippen LogP) is 1.46. The van der Waals surface area contributed by atoms with Crippen molar-refractivity contribution in [1.82, 2.24) is 10.2 Å². The summed E-state index contributed by atoms with van der Waals surface area (Å²) in [5.74, 6) is -0.0945. The van der Waals surface area contributed by atoms with Gasteiger partial charge in [-0.1, -0.05) is 12.1 Å². The number of amides is 2. The highest BCUT2D eigenvalue weighted by Crippen LogP contribution is 2.20. The van der Waals surface area contributed by atoms with Gasteiger partial charge in [0, 0.05) is 31.5 Å². The van der Waals surface area contributed by atoms with Crippen LogP contribution in [0.15, 0.2) is 28.7 Å². The minimum absolute atomic E-state index is 0.0405. The molecule has 1 aromatic carbocycles. The van der Waals surface area contributed by atoms with E-state index in [9.17, 15) is 9.59 Å². The lowest BCUT2D eigenvalue weighted by molar-refractivity contribution is -0.128. The largest absolute Gasteiger partial charge is 0.349 e. The second kappa shape index (κ2) is 7.91. The molecule has 2 N–H and O–H groups in total. The Bertz CT molecular complexity index is 449. The summed E-state index contributed by atoms with van der Waals surface area (Å²) in [5, 5.41) is 5.71. The summed E-state index contributed by atoms with van der Waals surface area (Å²) in [4.78, 5) is 24.5. The molecule has 0 bridgehead atoms.